The molecule has 3 amide bonds. The molecule has 37 heavy (non-hydrogen) atoms. The predicted molar refractivity (Wildman–Crippen MR) is 117 cm³/mol. The van der Waals surface area contributed by atoms with Crippen LogP contribution >= 0.6 is 0 Å². The summed E-state index contributed by atoms with van der Waals surface area (Å²) >= 11 is 0. The molecule has 0 spiro atoms. The largest absolute Gasteiger partial charge is 0.436 e. The van der Waals surface area contributed by atoms with Gasteiger partial charge < -0.3 is 0 Å². The highest BCUT2D eigenvalue weighted by molar-refractivity contribution is 6.22. The van der Waals surface area contributed by atoms with Crippen molar-refractivity contribution < 1.29 is 40.3 Å². The minimum absolute atomic E-state index is 0.0138. The summed E-state index contributed by atoms with van der Waals surface area (Å²) in [5, 5.41) is 0.848. The van der Waals surface area contributed by atoms with Crippen molar-refractivity contribution in [1.82, 2.24) is 15.4 Å². The number of urea groups is 1. The second kappa shape index (κ2) is 9.47. The van der Waals surface area contributed by atoms with Crippen LogP contribution in [0, 0.1) is 0 Å². The second-order valence-corrected chi connectivity index (χ2v) is 8.04. The van der Waals surface area contributed by atoms with E-state index in [4.69, 9.17) is 0 Å². The summed E-state index contributed by atoms with van der Waals surface area (Å²) in [6, 6.07) is 10.9. The Labute approximate surface area is 205 Å². The highest BCUT2D eigenvalue weighted by Gasteiger charge is 2.74. The molecule has 2 aromatic carbocycles. The van der Waals surface area contributed by atoms with E-state index in [0.29, 0.717) is 5.56 Å². The number of nitrogens with one attached hydrogen (secondary N) is 1. The normalized spacial score (nSPS) is 14.5. The number of nitrogens with zero attached hydrogens (tertiary/aromatic N) is 3. The molecule has 1 aromatic heterocycles. The number of para-hydroxylation sites is 1. The number of carbonyl (C=O) groups excluding carboxylic acids is 2. The van der Waals surface area contributed by atoms with Gasteiger partial charge in [0.2, 0.25) is 0 Å². The van der Waals surface area contributed by atoms with E-state index in [1.165, 1.54) is 42.7 Å². The fraction of sp³-hybridized carbons (Fsp3) is 0.208. The molecule has 2 heterocycles. The highest BCUT2D eigenvalue weighted by Crippen LogP contribution is 2.56. The Balaban J connectivity index is 1.88. The smallest absolute Gasteiger partial charge is 0.268 e. The average molecular weight is 526 g/mol. The van der Waals surface area contributed by atoms with Gasteiger partial charge in [0.05, 0.1) is 12.2 Å². The molecule has 0 fully saturated rings. The third-order valence-electron chi connectivity index (χ3n) is 5.67. The molecule has 13 heteroatoms. The molecule has 0 bridgehead atoms. The molecule has 0 radical (unpaired) electrons. The van der Waals surface area contributed by atoms with Crippen LogP contribution in [0.4, 0.5) is 41.2 Å². The van der Waals surface area contributed by atoms with Gasteiger partial charge in [0.15, 0.2) is 0 Å². The standard InChI is InChI=1S/C24H17F7N4O2/c25-22(23(26,27)28,24(29,30)31)18-10-4-9-17-14-34(33-13-15-6-5-11-32-12-15)21(37)35(19(17)18)20(36)16-7-2-1-3-8-16/h1-12,33H,13-14H2. The molecular weight excluding hydrogens is 509 g/mol. The van der Waals surface area contributed by atoms with Gasteiger partial charge in [-0.1, -0.05) is 42.5 Å². The number of aromatic nitrogens is 1. The Bertz CT molecular complexity index is 1280. The lowest BCUT2D eigenvalue weighted by Crippen LogP contribution is -2.57. The summed E-state index contributed by atoms with van der Waals surface area (Å²) < 4.78 is 97.3. The number of amides is 3. The number of carbonyl (C=O) groups is 2. The number of imide groups is 1. The maximum Gasteiger partial charge on any atom is 0.436 e. The molecule has 1 aliphatic heterocycles. The molecule has 3 aromatic rings. The minimum atomic E-state index is -6.44. The van der Waals surface area contributed by atoms with Crippen molar-refractivity contribution in [3.8, 4) is 0 Å². The lowest BCUT2D eigenvalue weighted by Gasteiger charge is -2.40. The molecule has 1 aliphatic rings. The van der Waals surface area contributed by atoms with Crippen LogP contribution in [0.5, 0.6) is 0 Å². The Kier molecular flexibility index (Phi) is 6.67. The number of pyridine rings is 1. The number of benzene rings is 2. The van der Waals surface area contributed by atoms with E-state index in [9.17, 15) is 35.9 Å². The predicted octanol–water partition coefficient (Wildman–Crippen LogP) is 5.66. The number of rotatable bonds is 5. The van der Waals surface area contributed by atoms with Crippen LogP contribution in [0.1, 0.15) is 27.0 Å². The molecule has 0 saturated carbocycles. The van der Waals surface area contributed by atoms with Gasteiger partial charge in [0.1, 0.15) is 0 Å². The first-order chi connectivity index (χ1) is 17.4. The summed E-state index contributed by atoms with van der Waals surface area (Å²) in [4.78, 5) is 30.7. The lowest BCUT2D eigenvalue weighted by molar-refractivity contribution is -0.348. The van der Waals surface area contributed by atoms with Crippen molar-refractivity contribution >= 4 is 17.6 Å². The lowest BCUT2D eigenvalue weighted by atomic mass is 9.89. The number of hydrogen-bond acceptors (Lipinski definition) is 4. The molecule has 0 aliphatic carbocycles. The number of fused-ring (bicyclic) bond motifs is 1. The summed E-state index contributed by atoms with van der Waals surface area (Å²) in [7, 11) is 0. The molecule has 0 unspecified atom stereocenters. The van der Waals surface area contributed by atoms with E-state index in [1.54, 1.807) is 12.1 Å². The fourth-order valence-corrected chi connectivity index (χ4v) is 3.89. The Morgan fingerprint density at radius 2 is 1.57 bits per heavy atom. The van der Waals surface area contributed by atoms with Crippen molar-refractivity contribution in [2.24, 2.45) is 0 Å². The zero-order valence-corrected chi connectivity index (χ0v) is 18.6. The molecule has 0 saturated heterocycles. The monoisotopic (exact) mass is 526 g/mol. The quantitative estimate of drug-likeness (QED) is 0.436. The maximum atomic E-state index is 15.2. The van der Waals surface area contributed by atoms with Gasteiger partial charge in [0, 0.05) is 30.1 Å². The van der Waals surface area contributed by atoms with Crippen LogP contribution in [-0.2, 0) is 18.8 Å². The molecular formula is C24H17F7N4O2. The maximum absolute atomic E-state index is 15.2. The van der Waals surface area contributed by atoms with Crippen LogP contribution in [0.15, 0.2) is 73.1 Å². The molecule has 4 rings (SSSR count). The van der Waals surface area contributed by atoms with E-state index in [-0.39, 0.29) is 28.6 Å². The van der Waals surface area contributed by atoms with Gasteiger partial charge in [-0.2, -0.15) is 26.3 Å². The van der Waals surface area contributed by atoms with Crippen molar-refractivity contribution in [1.29, 1.82) is 0 Å². The van der Waals surface area contributed by atoms with Gasteiger partial charge in [-0.3, -0.25) is 14.8 Å². The number of hydrogen-bond donors (Lipinski definition) is 1. The molecule has 194 valence electrons. The van der Waals surface area contributed by atoms with Gasteiger partial charge >= 0.3 is 24.1 Å². The minimum Gasteiger partial charge on any atom is -0.268 e. The highest BCUT2D eigenvalue weighted by atomic mass is 19.4. The number of hydrazine groups is 1. The number of alkyl halides is 7. The van der Waals surface area contributed by atoms with Crippen LogP contribution in [-0.4, -0.2) is 34.3 Å². The number of halogens is 7. The topological polar surface area (TPSA) is 65.5 Å². The van der Waals surface area contributed by atoms with Gasteiger partial charge in [0.25, 0.3) is 5.91 Å². The average Bonchev–Trinajstić information content (AvgIpc) is 2.86. The van der Waals surface area contributed by atoms with Crippen LogP contribution in [0.2, 0.25) is 0 Å². The first-order valence-electron chi connectivity index (χ1n) is 10.6. The summed E-state index contributed by atoms with van der Waals surface area (Å²) in [5.41, 5.74) is -6.11. The van der Waals surface area contributed by atoms with E-state index in [1.807, 2.05) is 0 Å². The summed E-state index contributed by atoms with van der Waals surface area (Å²) in [6.07, 6.45) is -9.93. The van der Waals surface area contributed by atoms with E-state index in [2.05, 4.69) is 10.4 Å². The van der Waals surface area contributed by atoms with Crippen molar-refractivity contribution in [2.75, 3.05) is 4.90 Å². The van der Waals surface area contributed by atoms with Crippen LogP contribution in [0.3, 0.4) is 0 Å². The summed E-state index contributed by atoms with van der Waals surface area (Å²) in [6.45, 7) is -0.563. The zero-order valence-electron chi connectivity index (χ0n) is 18.6. The number of anilines is 1. The Morgan fingerprint density at radius 1 is 0.892 bits per heavy atom. The van der Waals surface area contributed by atoms with Crippen molar-refractivity contribution in [2.45, 2.75) is 31.1 Å². The Morgan fingerprint density at radius 3 is 2.16 bits per heavy atom. The van der Waals surface area contributed by atoms with E-state index >= 15 is 4.39 Å². The van der Waals surface area contributed by atoms with Gasteiger partial charge in [-0.25, -0.2) is 19.5 Å². The fourth-order valence-electron chi connectivity index (χ4n) is 3.89. The van der Waals surface area contributed by atoms with Crippen LogP contribution < -0.4 is 10.3 Å². The summed E-state index contributed by atoms with van der Waals surface area (Å²) in [5.74, 6) is -1.24. The van der Waals surface area contributed by atoms with Gasteiger partial charge in [-0.15, -0.1) is 0 Å². The SMILES string of the molecule is O=C(c1ccccc1)N1C(=O)N(NCc2cccnc2)Cc2cccc(C(F)(C(F)(F)F)C(F)(F)F)c21. The van der Waals surface area contributed by atoms with E-state index in [0.717, 1.165) is 17.1 Å². The van der Waals surface area contributed by atoms with Crippen LogP contribution in [0.25, 0.3) is 0 Å². The van der Waals surface area contributed by atoms with Gasteiger partial charge in [-0.05, 0) is 29.3 Å². The third-order valence-corrected chi connectivity index (χ3v) is 5.67. The molecule has 1 N–H and O–H groups in total. The third kappa shape index (κ3) is 4.61. The second-order valence-electron chi connectivity index (χ2n) is 8.04. The molecule has 6 nitrogen and oxygen atoms in total. The van der Waals surface area contributed by atoms with Crippen molar-refractivity contribution in [3.05, 3.63) is 95.3 Å². The first kappa shape index (κ1) is 26.1. The molecule has 0 atom stereocenters. The first-order valence-corrected chi connectivity index (χ1v) is 10.6. The van der Waals surface area contributed by atoms with E-state index < -0.39 is 47.8 Å². The Hall–Kier alpha value is -4.00. The zero-order chi connectivity index (χ0) is 27.0. The van der Waals surface area contributed by atoms with Crippen molar-refractivity contribution in [3.63, 3.8) is 0 Å².